The number of carbonyl (C=O) groups excluding carboxylic acids is 1. The van der Waals surface area contributed by atoms with Crippen LogP contribution in [0.3, 0.4) is 0 Å². The first-order chi connectivity index (χ1) is 9.00. The minimum absolute atomic E-state index is 0.227. The van der Waals surface area contributed by atoms with Gasteiger partial charge in [0.05, 0.1) is 5.60 Å². The second-order valence-corrected chi connectivity index (χ2v) is 5.07. The van der Waals surface area contributed by atoms with E-state index in [9.17, 15) is 9.90 Å². The number of pyridine rings is 1. The Bertz CT molecular complexity index is 412. The maximum absolute atomic E-state index is 12.0. The van der Waals surface area contributed by atoms with E-state index in [-0.39, 0.29) is 12.5 Å². The third-order valence-electron chi connectivity index (χ3n) is 3.13. The van der Waals surface area contributed by atoms with Crippen LogP contribution in [-0.4, -0.2) is 28.1 Å². The zero-order valence-corrected chi connectivity index (χ0v) is 12.1. The van der Waals surface area contributed by atoms with Crippen molar-refractivity contribution in [3.63, 3.8) is 0 Å². The molecular formula is C15H24N2O2. The molecule has 0 aliphatic rings. The first kappa shape index (κ1) is 15.6. The highest BCUT2D eigenvalue weighted by atomic mass is 16.3. The average Bonchev–Trinajstić information content (AvgIpc) is 2.37. The molecule has 0 saturated carbocycles. The Morgan fingerprint density at radius 2 is 1.95 bits per heavy atom. The normalized spacial score (nSPS) is 11.4. The molecule has 4 nitrogen and oxygen atoms in total. The van der Waals surface area contributed by atoms with Crippen molar-refractivity contribution in [2.45, 2.75) is 52.1 Å². The van der Waals surface area contributed by atoms with Crippen molar-refractivity contribution in [3.8, 4) is 0 Å². The minimum Gasteiger partial charge on any atom is -0.388 e. The number of aryl methyl sites for hydroxylation is 1. The van der Waals surface area contributed by atoms with Crippen LogP contribution in [-0.2, 0) is 0 Å². The summed E-state index contributed by atoms with van der Waals surface area (Å²) in [6.45, 7) is 6.19. The van der Waals surface area contributed by atoms with Crippen molar-refractivity contribution in [2.75, 3.05) is 6.54 Å². The Hall–Kier alpha value is -1.42. The molecule has 1 amide bonds. The van der Waals surface area contributed by atoms with E-state index in [0.717, 1.165) is 18.5 Å². The SMILES string of the molecule is CCCC(O)(CCC)CNC(=O)c1cccc(C)n1. The van der Waals surface area contributed by atoms with E-state index in [0.29, 0.717) is 18.5 Å². The lowest BCUT2D eigenvalue weighted by molar-refractivity contribution is 0.0212. The van der Waals surface area contributed by atoms with Crippen molar-refractivity contribution < 1.29 is 9.90 Å². The predicted octanol–water partition coefficient (Wildman–Crippen LogP) is 2.45. The lowest BCUT2D eigenvalue weighted by Crippen LogP contribution is -2.43. The predicted molar refractivity (Wildman–Crippen MR) is 76.1 cm³/mol. The van der Waals surface area contributed by atoms with Gasteiger partial charge in [-0.25, -0.2) is 4.98 Å². The van der Waals surface area contributed by atoms with E-state index in [1.54, 1.807) is 6.07 Å². The topological polar surface area (TPSA) is 62.2 Å². The van der Waals surface area contributed by atoms with Crippen molar-refractivity contribution in [2.24, 2.45) is 0 Å². The van der Waals surface area contributed by atoms with Crippen molar-refractivity contribution >= 4 is 5.91 Å². The van der Waals surface area contributed by atoms with Crippen LogP contribution in [0.1, 0.15) is 55.7 Å². The van der Waals surface area contributed by atoms with Crippen LogP contribution < -0.4 is 5.32 Å². The van der Waals surface area contributed by atoms with Gasteiger partial charge < -0.3 is 10.4 Å². The third-order valence-corrected chi connectivity index (χ3v) is 3.13. The Labute approximate surface area is 115 Å². The molecule has 1 heterocycles. The van der Waals surface area contributed by atoms with Gasteiger partial charge in [-0.3, -0.25) is 4.79 Å². The molecule has 0 spiro atoms. The fourth-order valence-electron chi connectivity index (χ4n) is 2.24. The molecule has 0 bridgehead atoms. The smallest absolute Gasteiger partial charge is 0.269 e. The fraction of sp³-hybridized carbons (Fsp3) is 0.600. The van der Waals surface area contributed by atoms with Gasteiger partial charge in [-0.05, 0) is 31.9 Å². The number of aliphatic hydroxyl groups is 1. The highest BCUT2D eigenvalue weighted by Gasteiger charge is 2.25. The van der Waals surface area contributed by atoms with Crippen LogP contribution in [0.15, 0.2) is 18.2 Å². The van der Waals surface area contributed by atoms with E-state index >= 15 is 0 Å². The lowest BCUT2D eigenvalue weighted by atomic mass is 9.92. The summed E-state index contributed by atoms with van der Waals surface area (Å²) in [5.41, 5.74) is 0.406. The van der Waals surface area contributed by atoms with Crippen molar-refractivity contribution in [3.05, 3.63) is 29.6 Å². The summed E-state index contributed by atoms with van der Waals surface area (Å²) < 4.78 is 0. The number of carbonyl (C=O) groups is 1. The van der Waals surface area contributed by atoms with Crippen LogP contribution in [0.4, 0.5) is 0 Å². The van der Waals surface area contributed by atoms with E-state index < -0.39 is 5.60 Å². The molecule has 0 aliphatic carbocycles. The van der Waals surface area contributed by atoms with Gasteiger partial charge in [-0.15, -0.1) is 0 Å². The first-order valence-corrected chi connectivity index (χ1v) is 6.95. The van der Waals surface area contributed by atoms with Crippen LogP contribution in [0.5, 0.6) is 0 Å². The number of aromatic nitrogens is 1. The zero-order chi connectivity index (χ0) is 14.3. The highest BCUT2D eigenvalue weighted by molar-refractivity contribution is 5.92. The zero-order valence-electron chi connectivity index (χ0n) is 12.1. The monoisotopic (exact) mass is 264 g/mol. The number of amides is 1. The summed E-state index contributed by atoms with van der Waals surface area (Å²) in [7, 11) is 0. The standard InChI is InChI=1S/C15H24N2O2/c1-4-9-15(19,10-5-2)11-16-14(18)13-8-6-7-12(3)17-13/h6-8,19H,4-5,9-11H2,1-3H3,(H,16,18). The third kappa shape index (κ3) is 4.99. The van der Waals surface area contributed by atoms with Crippen LogP contribution in [0, 0.1) is 6.92 Å². The maximum atomic E-state index is 12.0. The van der Waals surface area contributed by atoms with E-state index in [2.05, 4.69) is 10.3 Å². The molecule has 19 heavy (non-hydrogen) atoms. The number of nitrogens with one attached hydrogen (secondary N) is 1. The quantitative estimate of drug-likeness (QED) is 0.795. The summed E-state index contributed by atoms with van der Waals surface area (Å²) in [6, 6.07) is 5.34. The van der Waals surface area contributed by atoms with Gasteiger partial charge in [0.15, 0.2) is 0 Å². The number of hydrogen-bond acceptors (Lipinski definition) is 3. The molecule has 106 valence electrons. The van der Waals surface area contributed by atoms with Gasteiger partial charge in [0, 0.05) is 12.2 Å². The highest BCUT2D eigenvalue weighted by Crippen LogP contribution is 2.18. The van der Waals surface area contributed by atoms with E-state index in [1.807, 2.05) is 32.9 Å². The molecule has 0 unspecified atom stereocenters. The number of hydrogen-bond donors (Lipinski definition) is 2. The van der Waals surface area contributed by atoms with Gasteiger partial charge >= 0.3 is 0 Å². The van der Waals surface area contributed by atoms with Crippen molar-refractivity contribution in [1.29, 1.82) is 0 Å². The average molecular weight is 264 g/mol. The summed E-state index contributed by atoms with van der Waals surface area (Å²) in [4.78, 5) is 16.1. The van der Waals surface area contributed by atoms with Gasteiger partial charge in [-0.1, -0.05) is 32.8 Å². The molecule has 1 rings (SSSR count). The molecule has 0 aliphatic heterocycles. The Morgan fingerprint density at radius 1 is 1.32 bits per heavy atom. The van der Waals surface area contributed by atoms with Crippen LogP contribution >= 0.6 is 0 Å². The molecule has 0 radical (unpaired) electrons. The molecule has 1 aromatic heterocycles. The van der Waals surface area contributed by atoms with Gasteiger partial charge in [0.25, 0.3) is 5.91 Å². The number of nitrogens with zero attached hydrogens (tertiary/aromatic N) is 1. The summed E-state index contributed by atoms with van der Waals surface area (Å²) in [5, 5.41) is 13.2. The molecule has 0 saturated heterocycles. The Balaban J connectivity index is 2.61. The van der Waals surface area contributed by atoms with Gasteiger partial charge in [0.1, 0.15) is 5.69 Å². The van der Waals surface area contributed by atoms with E-state index in [1.165, 1.54) is 0 Å². The Morgan fingerprint density at radius 3 is 2.47 bits per heavy atom. The fourth-order valence-corrected chi connectivity index (χ4v) is 2.24. The molecular weight excluding hydrogens is 240 g/mol. The molecule has 0 fully saturated rings. The Kier molecular flexibility index (Phi) is 5.96. The van der Waals surface area contributed by atoms with Gasteiger partial charge in [0.2, 0.25) is 0 Å². The first-order valence-electron chi connectivity index (χ1n) is 6.95. The lowest BCUT2D eigenvalue weighted by Gasteiger charge is -2.27. The molecule has 1 aromatic rings. The van der Waals surface area contributed by atoms with Crippen LogP contribution in [0.25, 0.3) is 0 Å². The second kappa shape index (κ2) is 7.24. The van der Waals surface area contributed by atoms with Crippen molar-refractivity contribution in [1.82, 2.24) is 10.3 Å². The summed E-state index contributed by atoms with van der Waals surface area (Å²) in [5.74, 6) is -0.227. The minimum atomic E-state index is -0.803. The maximum Gasteiger partial charge on any atom is 0.269 e. The number of rotatable bonds is 7. The van der Waals surface area contributed by atoms with E-state index in [4.69, 9.17) is 0 Å². The summed E-state index contributed by atoms with van der Waals surface area (Å²) >= 11 is 0. The van der Waals surface area contributed by atoms with Gasteiger partial charge in [-0.2, -0.15) is 0 Å². The largest absolute Gasteiger partial charge is 0.388 e. The van der Waals surface area contributed by atoms with Crippen LogP contribution in [0.2, 0.25) is 0 Å². The second-order valence-electron chi connectivity index (χ2n) is 5.07. The summed E-state index contributed by atoms with van der Waals surface area (Å²) in [6.07, 6.45) is 3.19. The molecule has 0 atom stereocenters. The molecule has 4 heteroatoms. The molecule has 2 N–H and O–H groups in total. The molecule has 0 aromatic carbocycles.